The van der Waals surface area contributed by atoms with E-state index in [-0.39, 0.29) is 23.3 Å². The fourth-order valence-electron chi connectivity index (χ4n) is 1.30. The highest BCUT2D eigenvalue weighted by Crippen LogP contribution is 2.25. The van der Waals surface area contributed by atoms with E-state index >= 15 is 0 Å². The molecule has 1 amide bonds. The number of hydrogen-bond acceptors (Lipinski definition) is 3. The maximum Gasteiger partial charge on any atom is 0.304 e. The highest BCUT2D eigenvalue weighted by Gasteiger charge is 2.12. The first-order chi connectivity index (χ1) is 8.88. The lowest BCUT2D eigenvalue weighted by Gasteiger charge is -2.10. The molecule has 0 aliphatic heterocycles. The minimum atomic E-state index is -0.877. The number of anilines is 1. The van der Waals surface area contributed by atoms with Gasteiger partial charge in [-0.05, 0) is 18.2 Å². The van der Waals surface area contributed by atoms with Gasteiger partial charge in [-0.25, -0.2) is 0 Å². The van der Waals surface area contributed by atoms with E-state index in [0.717, 1.165) is 0 Å². The summed E-state index contributed by atoms with van der Waals surface area (Å²) < 4.78 is 0. The number of rotatable bonds is 6. The third-order valence-corrected chi connectivity index (χ3v) is 3.89. The molecule has 1 unspecified atom stereocenters. The van der Waals surface area contributed by atoms with Crippen molar-refractivity contribution in [3.8, 4) is 0 Å². The highest BCUT2D eigenvalue weighted by atomic mass is 35.5. The van der Waals surface area contributed by atoms with Crippen molar-refractivity contribution in [3.05, 3.63) is 28.2 Å². The Balaban J connectivity index is 2.47. The van der Waals surface area contributed by atoms with Gasteiger partial charge in [-0.2, -0.15) is 0 Å². The molecule has 0 aliphatic rings. The number of carbonyl (C=O) groups excluding carboxylic acids is 1. The molecule has 0 fully saturated rings. The van der Waals surface area contributed by atoms with Gasteiger partial charge < -0.3 is 10.4 Å². The van der Waals surface area contributed by atoms with Crippen LogP contribution < -0.4 is 5.32 Å². The van der Waals surface area contributed by atoms with Crippen LogP contribution in [0.1, 0.15) is 13.3 Å². The molecule has 1 rings (SSSR count). The predicted molar refractivity (Wildman–Crippen MR) is 79.3 cm³/mol. The zero-order valence-corrected chi connectivity index (χ0v) is 12.5. The van der Waals surface area contributed by atoms with Crippen LogP contribution >= 0.6 is 35.0 Å². The number of carboxylic acid groups (broad SMARTS) is 1. The van der Waals surface area contributed by atoms with Gasteiger partial charge in [-0.15, -0.1) is 11.8 Å². The monoisotopic (exact) mass is 321 g/mol. The molecule has 0 aromatic heterocycles. The topological polar surface area (TPSA) is 66.4 Å². The Morgan fingerprint density at radius 2 is 2.11 bits per heavy atom. The molecule has 1 aromatic carbocycles. The van der Waals surface area contributed by atoms with E-state index in [1.54, 1.807) is 25.1 Å². The van der Waals surface area contributed by atoms with E-state index in [1.165, 1.54) is 11.8 Å². The summed E-state index contributed by atoms with van der Waals surface area (Å²) in [6.07, 6.45) is 0.0237. The highest BCUT2D eigenvalue weighted by molar-refractivity contribution is 8.00. The maximum absolute atomic E-state index is 11.7. The van der Waals surface area contributed by atoms with Gasteiger partial charge in [0.2, 0.25) is 5.91 Å². The van der Waals surface area contributed by atoms with Crippen LogP contribution in [-0.2, 0) is 9.59 Å². The molecule has 4 nitrogen and oxygen atoms in total. The lowest BCUT2D eigenvalue weighted by Crippen LogP contribution is -2.17. The summed E-state index contributed by atoms with van der Waals surface area (Å²) in [6, 6.07) is 4.79. The van der Waals surface area contributed by atoms with Crippen LogP contribution in [0.3, 0.4) is 0 Å². The predicted octanol–water partition coefficient (Wildman–Crippen LogP) is 3.53. The third kappa shape index (κ3) is 6.18. The van der Waals surface area contributed by atoms with Gasteiger partial charge in [0.15, 0.2) is 0 Å². The van der Waals surface area contributed by atoms with E-state index in [4.69, 9.17) is 28.3 Å². The first kappa shape index (κ1) is 16.1. The first-order valence-electron chi connectivity index (χ1n) is 5.46. The van der Waals surface area contributed by atoms with Crippen molar-refractivity contribution in [2.24, 2.45) is 0 Å². The van der Waals surface area contributed by atoms with Crippen molar-refractivity contribution in [3.63, 3.8) is 0 Å². The molecule has 0 saturated heterocycles. The molecule has 19 heavy (non-hydrogen) atoms. The van der Waals surface area contributed by atoms with E-state index in [9.17, 15) is 9.59 Å². The lowest BCUT2D eigenvalue weighted by atomic mass is 10.3. The Hall–Kier alpha value is -0.910. The van der Waals surface area contributed by atoms with Crippen molar-refractivity contribution in [2.45, 2.75) is 18.6 Å². The maximum atomic E-state index is 11.7. The van der Waals surface area contributed by atoms with Crippen LogP contribution in [0.2, 0.25) is 10.0 Å². The van der Waals surface area contributed by atoms with Gasteiger partial charge in [0.05, 0.1) is 22.9 Å². The number of amides is 1. The summed E-state index contributed by atoms with van der Waals surface area (Å²) in [5, 5.41) is 12.0. The molecule has 1 aromatic rings. The summed E-state index contributed by atoms with van der Waals surface area (Å²) in [5.41, 5.74) is 0.450. The fourth-order valence-corrected chi connectivity index (χ4v) is 2.41. The van der Waals surface area contributed by atoms with Crippen molar-refractivity contribution in [1.29, 1.82) is 0 Å². The van der Waals surface area contributed by atoms with Crippen molar-refractivity contribution in [2.75, 3.05) is 11.1 Å². The molecule has 0 aliphatic carbocycles. The zero-order valence-electron chi connectivity index (χ0n) is 10.2. The van der Waals surface area contributed by atoms with E-state index in [2.05, 4.69) is 5.32 Å². The number of hydrogen-bond donors (Lipinski definition) is 2. The molecule has 0 saturated carbocycles. The third-order valence-electron chi connectivity index (χ3n) is 2.16. The molecule has 1 atom stereocenters. The minimum absolute atomic E-state index is 0.0237. The first-order valence-corrected chi connectivity index (χ1v) is 7.27. The number of thioether (sulfide) groups is 1. The van der Waals surface area contributed by atoms with Crippen LogP contribution in [0.4, 0.5) is 5.69 Å². The van der Waals surface area contributed by atoms with Crippen molar-refractivity contribution >= 4 is 52.5 Å². The number of benzene rings is 1. The van der Waals surface area contributed by atoms with Gasteiger partial charge in [0, 0.05) is 10.3 Å². The zero-order chi connectivity index (χ0) is 14.4. The molecule has 7 heteroatoms. The standard InChI is InChI=1S/C12H13Cl2NO3S/c1-7(4-12(17)18)19-6-11(16)15-10-5-8(13)2-3-9(10)14/h2-3,5,7H,4,6H2,1H3,(H,15,16)(H,17,18). The van der Waals surface area contributed by atoms with E-state index < -0.39 is 5.97 Å². The van der Waals surface area contributed by atoms with Crippen LogP contribution in [0.5, 0.6) is 0 Å². The number of nitrogens with one attached hydrogen (secondary N) is 1. The van der Waals surface area contributed by atoms with Gasteiger partial charge >= 0.3 is 5.97 Å². The molecule has 0 heterocycles. The quantitative estimate of drug-likeness (QED) is 0.841. The molecule has 2 N–H and O–H groups in total. The van der Waals surface area contributed by atoms with Gasteiger partial charge in [-0.1, -0.05) is 30.1 Å². The van der Waals surface area contributed by atoms with Crippen molar-refractivity contribution in [1.82, 2.24) is 0 Å². The second-order valence-corrected chi connectivity index (χ2v) is 6.16. The molecule has 0 spiro atoms. The number of aliphatic carboxylic acids is 1. The molecule has 0 radical (unpaired) electrons. The Morgan fingerprint density at radius 3 is 2.74 bits per heavy atom. The second-order valence-electron chi connectivity index (χ2n) is 3.89. The van der Waals surface area contributed by atoms with Crippen molar-refractivity contribution < 1.29 is 14.7 Å². The average molecular weight is 322 g/mol. The Morgan fingerprint density at radius 1 is 1.42 bits per heavy atom. The molecular weight excluding hydrogens is 309 g/mol. The molecular formula is C12H13Cl2NO3S. The Labute approximate surface area is 125 Å². The Kier molecular flexibility index (Phi) is 6.48. The molecule has 0 bridgehead atoms. The lowest BCUT2D eigenvalue weighted by molar-refractivity contribution is -0.136. The summed E-state index contributed by atoms with van der Waals surface area (Å²) in [7, 11) is 0. The number of carbonyl (C=O) groups is 2. The van der Waals surface area contributed by atoms with E-state index in [1.807, 2.05) is 0 Å². The van der Waals surface area contributed by atoms with Gasteiger partial charge in [0.25, 0.3) is 0 Å². The van der Waals surface area contributed by atoms with Gasteiger partial charge in [0.1, 0.15) is 0 Å². The Bertz CT molecular complexity index is 482. The largest absolute Gasteiger partial charge is 0.481 e. The van der Waals surface area contributed by atoms with Gasteiger partial charge in [-0.3, -0.25) is 9.59 Å². The fraction of sp³-hybridized carbons (Fsp3) is 0.333. The minimum Gasteiger partial charge on any atom is -0.481 e. The average Bonchev–Trinajstić information content (AvgIpc) is 2.30. The summed E-state index contributed by atoms with van der Waals surface area (Å²) in [6.45, 7) is 1.76. The van der Waals surface area contributed by atoms with Crippen LogP contribution in [0.15, 0.2) is 18.2 Å². The number of carboxylic acids is 1. The van der Waals surface area contributed by atoms with Crippen LogP contribution in [0, 0.1) is 0 Å². The summed E-state index contributed by atoms with van der Waals surface area (Å²) in [5.74, 6) is -0.957. The van der Waals surface area contributed by atoms with Crippen LogP contribution in [0.25, 0.3) is 0 Å². The SMILES string of the molecule is CC(CC(=O)O)SCC(=O)Nc1cc(Cl)ccc1Cl. The molecule has 104 valence electrons. The second kappa shape index (κ2) is 7.62. The summed E-state index contributed by atoms with van der Waals surface area (Å²) in [4.78, 5) is 22.2. The normalized spacial score (nSPS) is 11.9. The van der Waals surface area contributed by atoms with E-state index in [0.29, 0.717) is 15.7 Å². The smallest absolute Gasteiger partial charge is 0.304 e. The van der Waals surface area contributed by atoms with Crippen LogP contribution in [-0.4, -0.2) is 28.0 Å². The number of halogens is 2. The summed E-state index contributed by atoms with van der Waals surface area (Å²) >= 11 is 13.0.